The molecular formula is C26H20F3NO3S. The number of aliphatic carboxylic acids is 1. The molecule has 0 amide bonds. The Balaban J connectivity index is 1.70. The number of aromatic nitrogens is 1. The molecule has 0 aliphatic heterocycles. The van der Waals surface area contributed by atoms with Crippen LogP contribution in [0, 0.1) is 24.4 Å². The Morgan fingerprint density at radius 2 is 1.71 bits per heavy atom. The number of carbonyl (C=O) groups is 1. The van der Waals surface area contributed by atoms with E-state index < -0.39 is 29.2 Å². The van der Waals surface area contributed by atoms with Crippen molar-refractivity contribution in [2.24, 2.45) is 0 Å². The van der Waals surface area contributed by atoms with E-state index in [-0.39, 0.29) is 25.0 Å². The summed E-state index contributed by atoms with van der Waals surface area (Å²) in [4.78, 5) is 11.2. The first kappa shape index (κ1) is 23.5. The molecule has 4 rings (SSSR count). The molecule has 1 heterocycles. The molecule has 0 aliphatic carbocycles. The van der Waals surface area contributed by atoms with Crippen molar-refractivity contribution in [3.05, 3.63) is 94.8 Å². The zero-order valence-corrected chi connectivity index (χ0v) is 19.0. The second kappa shape index (κ2) is 10.1. The van der Waals surface area contributed by atoms with Crippen molar-refractivity contribution in [1.82, 2.24) is 4.37 Å². The van der Waals surface area contributed by atoms with Gasteiger partial charge in [0.2, 0.25) is 0 Å². The number of aryl methyl sites for hydroxylation is 2. The summed E-state index contributed by atoms with van der Waals surface area (Å²) in [7, 11) is 0. The molecule has 0 saturated heterocycles. The van der Waals surface area contributed by atoms with Crippen LogP contribution >= 0.6 is 11.5 Å². The zero-order chi connectivity index (χ0) is 24.2. The minimum Gasteiger partial charge on any atom is -0.483 e. The number of nitrogens with zero attached hydrogens (tertiary/aromatic N) is 1. The maximum Gasteiger partial charge on any atom is 0.303 e. The Labute approximate surface area is 198 Å². The molecule has 0 aliphatic rings. The summed E-state index contributed by atoms with van der Waals surface area (Å²) in [6.07, 6.45) is -0.252. The molecular weight excluding hydrogens is 463 g/mol. The van der Waals surface area contributed by atoms with Gasteiger partial charge in [-0.3, -0.25) is 4.79 Å². The fourth-order valence-corrected chi connectivity index (χ4v) is 4.50. The van der Waals surface area contributed by atoms with Gasteiger partial charge in [0.05, 0.1) is 10.6 Å². The maximum absolute atomic E-state index is 14.8. The molecule has 0 spiro atoms. The van der Waals surface area contributed by atoms with Crippen molar-refractivity contribution in [2.45, 2.75) is 26.4 Å². The fourth-order valence-electron chi connectivity index (χ4n) is 3.57. The van der Waals surface area contributed by atoms with Gasteiger partial charge in [-0.2, -0.15) is 4.37 Å². The van der Waals surface area contributed by atoms with Gasteiger partial charge in [0.25, 0.3) is 0 Å². The summed E-state index contributed by atoms with van der Waals surface area (Å²) in [5.74, 6) is -3.94. The molecule has 1 aromatic heterocycles. The van der Waals surface area contributed by atoms with Crippen LogP contribution in [0.2, 0.25) is 0 Å². The van der Waals surface area contributed by atoms with Crippen LogP contribution in [0.15, 0.2) is 60.7 Å². The van der Waals surface area contributed by atoms with E-state index in [2.05, 4.69) is 4.37 Å². The largest absolute Gasteiger partial charge is 0.483 e. The quantitative estimate of drug-likeness (QED) is 0.299. The molecule has 174 valence electrons. The highest BCUT2D eigenvalue weighted by molar-refractivity contribution is 7.10. The Hall–Kier alpha value is -3.65. The minimum atomic E-state index is -1.06. The molecule has 0 atom stereocenters. The number of carboxylic acids is 1. The van der Waals surface area contributed by atoms with Gasteiger partial charge in [-0.1, -0.05) is 42.5 Å². The predicted molar refractivity (Wildman–Crippen MR) is 124 cm³/mol. The monoisotopic (exact) mass is 483 g/mol. The first-order valence-electron chi connectivity index (χ1n) is 10.5. The van der Waals surface area contributed by atoms with Gasteiger partial charge in [-0.25, -0.2) is 13.2 Å². The molecule has 34 heavy (non-hydrogen) atoms. The summed E-state index contributed by atoms with van der Waals surface area (Å²) < 4.78 is 54.1. The summed E-state index contributed by atoms with van der Waals surface area (Å²) >= 11 is 1.09. The van der Waals surface area contributed by atoms with E-state index in [1.165, 1.54) is 6.07 Å². The van der Waals surface area contributed by atoms with Crippen LogP contribution in [-0.4, -0.2) is 15.4 Å². The van der Waals surface area contributed by atoms with E-state index in [0.717, 1.165) is 34.8 Å². The third kappa shape index (κ3) is 5.12. The molecule has 0 saturated carbocycles. The van der Waals surface area contributed by atoms with Gasteiger partial charge < -0.3 is 9.84 Å². The van der Waals surface area contributed by atoms with E-state index in [0.29, 0.717) is 21.7 Å². The number of benzene rings is 3. The van der Waals surface area contributed by atoms with Gasteiger partial charge in [-0.15, -0.1) is 0 Å². The van der Waals surface area contributed by atoms with Gasteiger partial charge in [0, 0.05) is 23.1 Å². The van der Waals surface area contributed by atoms with Crippen LogP contribution in [0.5, 0.6) is 5.75 Å². The zero-order valence-electron chi connectivity index (χ0n) is 18.1. The number of halogens is 3. The highest BCUT2D eigenvalue weighted by Crippen LogP contribution is 2.38. The molecule has 1 N–H and O–H groups in total. The average Bonchev–Trinajstić information content (AvgIpc) is 3.21. The number of rotatable bonds is 8. The summed E-state index contributed by atoms with van der Waals surface area (Å²) in [6.45, 7) is 1.54. The third-order valence-corrected chi connectivity index (χ3v) is 6.17. The Bertz CT molecular complexity index is 1320. The second-order valence-corrected chi connectivity index (χ2v) is 8.53. The Morgan fingerprint density at radius 1 is 1.00 bits per heavy atom. The lowest BCUT2D eigenvalue weighted by Crippen LogP contribution is -2.04. The Kier molecular flexibility index (Phi) is 6.98. The van der Waals surface area contributed by atoms with Gasteiger partial charge >= 0.3 is 5.97 Å². The Morgan fingerprint density at radius 3 is 2.35 bits per heavy atom. The number of carboxylic acid groups (broad SMARTS) is 1. The smallest absolute Gasteiger partial charge is 0.303 e. The molecule has 4 aromatic rings. The highest BCUT2D eigenvalue weighted by atomic mass is 32.1. The average molecular weight is 484 g/mol. The van der Waals surface area contributed by atoms with Crippen LogP contribution in [0.4, 0.5) is 13.2 Å². The summed E-state index contributed by atoms with van der Waals surface area (Å²) in [6, 6.07) is 16.2. The molecule has 4 nitrogen and oxygen atoms in total. The van der Waals surface area contributed by atoms with Gasteiger partial charge in [-0.05, 0) is 54.2 Å². The fraction of sp³-hybridized carbons (Fsp3) is 0.154. The first-order valence-corrected chi connectivity index (χ1v) is 11.2. The van der Waals surface area contributed by atoms with Crippen LogP contribution in [0.3, 0.4) is 0 Å². The lowest BCUT2D eigenvalue weighted by Gasteiger charge is -2.12. The molecule has 8 heteroatoms. The highest BCUT2D eigenvalue weighted by Gasteiger charge is 2.22. The predicted octanol–water partition coefficient (Wildman–Crippen LogP) is 6.80. The number of hydrogen-bond donors (Lipinski definition) is 1. The van der Waals surface area contributed by atoms with Crippen molar-refractivity contribution in [3.63, 3.8) is 0 Å². The molecule has 0 bridgehead atoms. The first-order chi connectivity index (χ1) is 16.3. The number of hydrogen-bond acceptors (Lipinski definition) is 4. The lowest BCUT2D eigenvalue weighted by atomic mass is 10.0. The number of ether oxygens (including phenoxy) is 1. The van der Waals surface area contributed by atoms with Crippen molar-refractivity contribution in [1.29, 1.82) is 0 Å². The van der Waals surface area contributed by atoms with Crippen molar-refractivity contribution in [3.8, 4) is 27.4 Å². The van der Waals surface area contributed by atoms with Gasteiger partial charge in [0.1, 0.15) is 12.4 Å². The van der Waals surface area contributed by atoms with Crippen LogP contribution < -0.4 is 4.74 Å². The summed E-state index contributed by atoms with van der Waals surface area (Å²) in [5, 5.41) is 8.79. The lowest BCUT2D eigenvalue weighted by molar-refractivity contribution is -0.136. The van der Waals surface area contributed by atoms with Gasteiger partial charge in [0.15, 0.2) is 17.4 Å². The normalized spacial score (nSPS) is 10.9. The standard InChI is InChI=1S/C26H20F3NO3S/c1-15-7-9-18(20(27)11-15)26-19(24(30-34-26)17-5-3-2-4-6-17)14-33-25-21(28)12-16(13-22(25)29)8-10-23(31)32/h2-7,9,11-13H,8,10,14H2,1H3,(H,31,32). The summed E-state index contributed by atoms with van der Waals surface area (Å²) in [5.41, 5.74) is 3.12. The van der Waals surface area contributed by atoms with E-state index in [9.17, 15) is 18.0 Å². The molecule has 3 aromatic carbocycles. The maximum atomic E-state index is 14.8. The minimum absolute atomic E-state index is 0.00704. The van der Waals surface area contributed by atoms with Crippen LogP contribution in [0.1, 0.15) is 23.1 Å². The van der Waals surface area contributed by atoms with E-state index >= 15 is 0 Å². The van der Waals surface area contributed by atoms with Crippen LogP contribution in [-0.2, 0) is 17.8 Å². The third-order valence-electron chi connectivity index (χ3n) is 5.25. The van der Waals surface area contributed by atoms with E-state index in [1.807, 2.05) is 30.3 Å². The van der Waals surface area contributed by atoms with Crippen molar-refractivity contribution < 1.29 is 27.8 Å². The molecule has 0 radical (unpaired) electrons. The topological polar surface area (TPSA) is 59.4 Å². The second-order valence-electron chi connectivity index (χ2n) is 7.76. The van der Waals surface area contributed by atoms with E-state index in [1.54, 1.807) is 19.1 Å². The van der Waals surface area contributed by atoms with Crippen molar-refractivity contribution >= 4 is 17.5 Å². The molecule has 0 unspecified atom stereocenters. The van der Waals surface area contributed by atoms with Crippen molar-refractivity contribution in [2.75, 3.05) is 0 Å². The van der Waals surface area contributed by atoms with E-state index in [4.69, 9.17) is 9.84 Å². The van der Waals surface area contributed by atoms with Crippen LogP contribution in [0.25, 0.3) is 21.7 Å². The SMILES string of the molecule is Cc1ccc(-c2snc(-c3ccccc3)c2COc2c(F)cc(CCC(=O)O)cc2F)c(F)c1. The molecule has 0 fully saturated rings.